The van der Waals surface area contributed by atoms with E-state index in [1.54, 1.807) is 6.08 Å². The van der Waals surface area contributed by atoms with Crippen LogP contribution in [0.15, 0.2) is 95.9 Å². The number of rotatable bonds is 10. The summed E-state index contributed by atoms with van der Waals surface area (Å²) in [6, 6.07) is 29.3. The number of thioether (sulfide) groups is 1. The highest BCUT2D eigenvalue weighted by Crippen LogP contribution is 2.33. The molecule has 4 aromatic rings. The Hall–Kier alpha value is -4.23. The highest BCUT2D eigenvalue weighted by Gasteiger charge is 2.34. The molecule has 0 bridgehead atoms. The second-order valence-corrected chi connectivity index (χ2v) is 11.7. The first-order chi connectivity index (χ1) is 19.8. The van der Waals surface area contributed by atoms with Crippen molar-refractivity contribution in [3.05, 3.63) is 107 Å². The molecule has 0 N–H and O–H groups in total. The average molecular weight is 568 g/mol. The van der Waals surface area contributed by atoms with Crippen LogP contribution in [-0.4, -0.2) is 42.4 Å². The van der Waals surface area contributed by atoms with Crippen LogP contribution in [-0.2, 0) is 10.2 Å². The van der Waals surface area contributed by atoms with Crippen molar-refractivity contribution < 1.29 is 23.8 Å². The predicted molar refractivity (Wildman–Crippen MR) is 165 cm³/mol. The van der Waals surface area contributed by atoms with Crippen LogP contribution in [0.3, 0.4) is 0 Å². The van der Waals surface area contributed by atoms with E-state index in [9.17, 15) is 9.59 Å². The Morgan fingerprint density at radius 1 is 0.756 bits per heavy atom. The second-order valence-electron chi connectivity index (χ2n) is 10.7. The molecule has 0 saturated carbocycles. The molecule has 2 amide bonds. The minimum absolute atomic E-state index is 0.0989. The first kappa shape index (κ1) is 28.3. The Morgan fingerprint density at radius 3 is 2.24 bits per heavy atom. The molecule has 1 saturated heterocycles. The van der Waals surface area contributed by atoms with Crippen LogP contribution >= 0.6 is 11.8 Å². The largest absolute Gasteiger partial charge is 0.491 e. The molecule has 0 atom stereocenters. The molecule has 1 fully saturated rings. The predicted octanol–water partition coefficient (Wildman–Crippen LogP) is 7.71. The second kappa shape index (κ2) is 12.5. The fourth-order valence-electron chi connectivity index (χ4n) is 4.48. The molecule has 1 aliphatic heterocycles. The third-order valence-electron chi connectivity index (χ3n) is 6.69. The Balaban J connectivity index is 1.13. The Labute approximate surface area is 244 Å². The summed E-state index contributed by atoms with van der Waals surface area (Å²) < 4.78 is 17.6. The van der Waals surface area contributed by atoms with Crippen molar-refractivity contribution in [2.45, 2.75) is 26.2 Å². The number of amides is 2. The van der Waals surface area contributed by atoms with Crippen LogP contribution < -0.4 is 14.2 Å². The van der Waals surface area contributed by atoms with Crippen LogP contribution in [0.1, 0.15) is 31.9 Å². The van der Waals surface area contributed by atoms with Gasteiger partial charge < -0.3 is 14.2 Å². The number of carbonyl (C=O) groups is 2. The molecule has 41 heavy (non-hydrogen) atoms. The van der Waals surface area contributed by atoms with E-state index in [4.69, 9.17) is 14.2 Å². The van der Waals surface area contributed by atoms with E-state index in [2.05, 4.69) is 32.9 Å². The maximum Gasteiger partial charge on any atom is 0.293 e. The molecule has 5 rings (SSSR count). The first-order valence-corrected chi connectivity index (χ1v) is 14.4. The molecule has 0 unspecified atom stereocenters. The highest BCUT2D eigenvalue weighted by atomic mass is 32.2. The van der Waals surface area contributed by atoms with E-state index in [-0.39, 0.29) is 29.7 Å². The van der Waals surface area contributed by atoms with Gasteiger partial charge in [0.2, 0.25) is 0 Å². The molecule has 0 aliphatic carbocycles. The molecule has 1 aliphatic rings. The van der Waals surface area contributed by atoms with Gasteiger partial charge in [0.15, 0.2) is 0 Å². The van der Waals surface area contributed by atoms with Gasteiger partial charge in [-0.25, -0.2) is 0 Å². The van der Waals surface area contributed by atoms with Gasteiger partial charge in [0.25, 0.3) is 11.1 Å². The lowest BCUT2D eigenvalue weighted by Gasteiger charge is -2.19. The number of benzene rings is 4. The number of ether oxygens (including phenoxy) is 3. The number of fused-ring (bicyclic) bond motifs is 1. The van der Waals surface area contributed by atoms with Crippen molar-refractivity contribution in [3.8, 4) is 17.2 Å². The van der Waals surface area contributed by atoms with Gasteiger partial charge in [-0.15, -0.1) is 0 Å². The van der Waals surface area contributed by atoms with Gasteiger partial charge in [-0.05, 0) is 70.1 Å². The summed E-state index contributed by atoms with van der Waals surface area (Å²) in [7, 11) is 0. The van der Waals surface area contributed by atoms with Crippen LogP contribution in [0, 0.1) is 0 Å². The number of hydrogen-bond acceptors (Lipinski definition) is 6. The van der Waals surface area contributed by atoms with Crippen molar-refractivity contribution in [3.63, 3.8) is 0 Å². The highest BCUT2D eigenvalue weighted by molar-refractivity contribution is 8.18. The molecule has 0 radical (unpaired) electrons. The normalized spacial score (nSPS) is 14.6. The van der Waals surface area contributed by atoms with E-state index in [1.807, 2.05) is 78.9 Å². The van der Waals surface area contributed by atoms with Gasteiger partial charge in [0.1, 0.15) is 37.1 Å². The fourth-order valence-corrected chi connectivity index (χ4v) is 5.34. The van der Waals surface area contributed by atoms with Crippen LogP contribution in [0.5, 0.6) is 17.2 Å². The summed E-state index contributed by atoms with van der Waals surface area (Å²) in [5.74, 6) is 1.87. The Morgan fingerprint density at radius 2 is 1.46 bits per heavy atom. The molecule has 0 aromatic heterocycles. The van der Waals surface area contributed by atoms with E-state index < -0.39 is 0 Å². The number of imide groups is 1. The zero-order valence-electron chi connectivity index (χ0n) is 23.5. The summed E-state index contributed by atoms with van der Waals surface area (Å²) in [6.07, 6.45) is 1.72. The standard InChI is InChI=1S/C34H33NO5S/c1-34(2,3)26-14-16-27(17-15-26)38-20-21-39-28-11-6-8-24(22-28)23-31-32(36)35(33(37)41-31)18-19-40-30-13-7-10-25-9-4-5-12-29(25)30/h4-17,22-23H,18-21H2,1-3H3/b31-23-. The Bertz CT molecular complexity index is 1570. The van der Waals surface area contributed by atoms with Crippen LogP contribution in [0.2, 0.25) is 0 Å². The van der Waals surface area contributed by atoms with Gasteiger partial charge in [-0.1, -0.05) is 81.4 Å². The summed E-state index contributed by atoms with van der Waals surface area (Å²) in [6.45, 7) is 7.70. The summed E-state index contributed by atoms with van der Waals surface area (Å²) >= 11 is 0.935. The zero-order chi connectivity index (χ0) is 28.8. The smallest absolute Gasteiger partial charge is 0.293 e. The van der Waals surface area contributed by atoms with Crippen molar-refractivity contribution in [1.29, 1.82) is 0 Å². The monoisotopic (exact) mass is 567 g/mol. The minimum Gasteiger partial charge on any atom is -0.491 e. The van der Waals surface area contributed by atoms with Crippen molar-refractivity contribution in [2.75, 3.05) is 26.4 Å². The van der Waals surface area contributed by atoms with Crippen LogP contribution in [0.25, 0.3) is 16.8 Å². The van der Waals surface area contributed by atoms with Gasteiger partial charge in [-0.3, -0.25) is 14.5 Å². The van der Waals surface area contributed by atoms with E-state index in [0.29, 0.717) is 23.9 Å². The lowest BCUT2D eigenvalue weighted by atomic mass is 9.87. The third-order valence-corrected chi connectivity index (χ3v) is 7.60. The molecule has 0 spiro atoms. The molecular weight excluding hydrogens is 534 g/mol. The molecule has 1 heterocycles. The fraction of sp³-hybridized carbons (Fsp3) is 0.235. The third kappa shape index (κ3) is 7.11. The summed E-state index contributed by atoms with van der Waals surface area (Å²) in [5.41, 5.74) is 2.13. The molecule has 6 nitrogen and oxygen atoms in total. The van der Waals surface area contributed by atoms with Crippen LogP contribution in [0.4, 0.5) is 4.79 Å². The molecule has 4 aromatic carbocycles. The van der Waals surface area contributed by atoms with Gasteiger partial charge in [-0.2, -0.15) is 0 Å². The van der Waals surface area contributed by atoms with Gasteiger partial charge in [0, 0.05) is 5.39 Å². The maximum atomic E-state index is 13.0. The minimum atomic E-state index is -0.321. The van der Waals surface area contributed by atoms with E-state index in [1.165, 1.54) is 10.5 Å². The van der Waals surface area contributed by atoms with Gasteiger partial charge in [0.05, 0.1) is 11.4 Å². The molecule has 210 valence electrons. The quantitative estimate of drug-likeness (QED) is 0.144. The van der Waals surface area contributed by atoms with Crippen molar-refractivity contribution >= 4 is 39.8 Å². The first-order valence-electron chi connectivity index (χ1n) is 13.6. The Kier molecular flexibility index (Phi) is 8.64. The molecule has 7 heteroatoms. The van der Waals surface area contributed by atoms with Crippen molar-refractivity contribution in [1.82, 2.24) is 4.90 Å². The lowest BCUT2D eigenvalue weighted by molar-refractivity contribution is -0.123. The maximum absolute atomic E-state index is 13.0. The lowest BCUT2D eigenvalue weighted by Crippen LogP contribution is -2.32. The topological polar surface area (TPSA) is 65.1 Å². The average Bonchev–Trinajstić information content (AvgIpc) is 3.22. The zero-order valence-corrected chi connectivity index (χ0v) is 24.3. The number of hydrogen-bond donors (Lipinski definition) is 0. The van der Waals surface area contributed by atoms with E-state index >= 15 is 0 Å². The van der Waals surface area contributed by atoms with Gasteiger partial charge >= 0.3 is 0 Å². The van der Waals surface area contributed by atoms with E-state index in [0.717, 1.165) is 39.6 Å². The molecular formula is C34H33NO5S. The SMILES string of the molecule is CC(C)(C)c1ccc(OCCOc2cccc(/C=C3\SC(=O)N(CCOc4cccc5ccccc45)C3=O)c2)cc1. The number of carbonyl (C=O) groups excluding carboxylic acids is 2. The number of nitrogens with zero attached hydrogens (tertiary/aromatic N) is 1. The summed E-state index contributed by atoms with van der Waals surface area (Å²) in [5, 5.41) is 1.76. The summed E-state index contributed by atoms with van der Waals surface area (Å²) in [4.78, 5) is 27.2. The van der Waals surface area contributed by atoms with Crippen molar-refractivity contribution in [2.24, 2.45) is 0 Å².